The first kappa shape index (κ1) is 14.9. The molecular formula is C11H10N2O7S. The number of nitro groups is 1. The summed E-state index contributed by atoms with van der Waals surface area (Å²) < 4.78 is 22.8. The van der Waals surface area contributed by atoms with Gasteiger partial charge >= 0.3 is 5.97 Å². The number of carboxylic acid groups (broad SMARTS) is 1. The SMILES string of the molecule is CC1(C)C(=O)N(c2ccc([N+](=O)[O-])cc2C(=O)O)S1(=O)=O. The van der Waals surface area contributed by atoms with Crippen LogP contribution >= 0.6 is 0 Å². The van der Waals surface area contributed by atoms with Crippen LogP contribution in [0.3, 0.4) is 0 Å². The predicted molar refractivity (Wildman–Crippen MR) is 70.5 cm³/mol. The van der Waals surface area contributed by atoms with Gasteiger partial charge in [-0.1, -0.05) is 0 Å². The zero-order chi connectivity index (χ0) is 16.2. The molecular weight excluding hydrogens is 304 g/mol. The summed E-state index contributed by atoms with van der Waals surface area (Å²) >= 11 is 0. The topological polar surface area (TPSA) is 135 Å². The van der Waals surface area contributed by atoms with Gasteiger partial charge in [-0.3, -0.25) is 14.9 Å². The molecule has 0 unspecified atom stereocenters. The fourth-order valence-corrected chi connectivity index (χ4v) is 3.38. The molecule has 0 saturated carbocycles. The van der Waals surface area contributed by atoms with E-state index in [2.05, 4.69) is 0 Å². The third kappa shape index (κ3) is 1.87. The minimum atomic E-state index is -4.04. The number of non-ortho nitro benzene ring substituents is 1. The van der Waals surface area contributed by atoms with Crippen LogP contribution in [0.4, 0.5) is 11.4 Å². The Morgan fingerprint density at radius 3 is 2.38 bits per heavy atom. The molecule has 0 aliphatic carbocycles. The van der Waals surface area contributed by atoms with E-state index in [4.69, 9.17) is 5.11 Å². The second kappa shape index (κ2) is 4.25. The molecule has 0 atom stereocenters. The van der Waals surface area contributed by atoms with Gasteiger partial charge in [0.25, 0.3) is 21.6 Å². The van der Waals surface area contributed by atoms with Gasteiger partial charge in [0, 0.05) is 12.1 Å². The number of anilines is 1. The normalized spacial score (nSPS) is 19.0. The second-order valence-corrected chi connectivity index (χ2v) is 7.18. The molecule has 1 heterocycles. The number of hydrogen-bond acceptors (Lipinski definition) is 6. The second-order valence-electron chi connectivity index (χ2n) is 4.85. The molecule has 0 spiro atoms. The van der Waals surface area contributed by atoms with E-state index in [9.17, 15) is 28.1 Å². The number of nitro benzene ring substituents is 1. The summed E-state index contributed by atoms with van der Waals surface area (Å²) in [4.78, 5) is 32.9. The first-order chi connectivity index (χ1) is 9.51. The summed E-state index contributed by atoms with van der Waals surface area (Å²) in [6.45, 7) is 2.40. The summed E-state index contributed by atoms with van der Waals surface area (Å²) in [6, 6.07) is 2.59. The van der Waals surface area contributed by atoms with Gasteiger partial charge in [-0.05, 0) is 19.9 Å². The number of aromatic carboxylic acids is 1. The first-order valence-electron chi connectivity index (χ1n) is 5.63. The highest BCUT2D eigenvalue weighted by Crippen LogP contribution is 2.41. The summed E-state index contributed by atoms with van der Waals surface area (Å²) in [5, 5.41) is 19.7. The van der Waals surface area contributed by atoms with Crippen LogP contribution in [0.5, 0.6) is 0 Å². The lowest BCUT2D eigenvalue weighted by Gasteiger charge is -2.43. The molecule has 9 nitrogen and oxygen atoms in total. The van der Waals surface area contributed by atoms with Crippen LogP contribution < -0.4 is 4.31 Å². The average Bonchev–Trinajstić information content (AvgIpc) is 2.38. The van der Waals surface area contributed by atoms with E-state index >= 15 is 0 Å². The third-order valence-corrected chi connectivity index (χ3v) is 5.53. The fraction of sp³-hybridized carbons (Fsp3) is 0.273. The average molecular weight is 314 g/mol. The Hall–Kier alpha value is -2.49. The van der Waals surface area contributed by atoms with Gasteiger partial charge in [0.15, 0.2) is 4.75 Å². The number of carbonyl (C=O) groups is 2. The van der Waals surface area contributed by atoms with Gasteiger partial charge < -0.3 is 5.11 Å². The van der Waals surface area contributed by atoms with E-state index in [0.717, 1.165) is 12.1 Å². The number of hydrogen-bond donors (Lipinski definition) is 1. The highest BCUT2D eigenvalue weighted by Gasteiger charge is 2.61. The molecule has 112 valence electrons. The van der Waals surface area contributed by atoms with Crippen molar-refractivity contribution in [1.82, 2.24) is 0 Å². The van der Waals surface area contributed by atoms with Crippen LogP contribution in [0.25, 0.3) is 0 Å². The third-order valence-electron chi connectivity index (χ3n) is 3.22. The Morgan fingerprint density at radius 1 is 1.38 bits per heavy atom. The van der Waals surface area contributed by atoms with Crippen molar-refractivity contribution < 1.29 is 28.0 Å². The maximum atomic E-state index is 12.1. The van der Waals surface area contributed by atoms with Crippen LogP contribution in [-0.2, 0) is 14.8 Å². The monoisotopic (exact) mass is 314 g/mol. The summed E-state index contributed by atoms with van der Waals surface area (Å²) in [5.41, 5.74) is -1.55. The molecule has 21 heavy (non-hydrogen) atoms. The van der Waals surface area contributed by atoms with Crippen molar-refractivity contribution in [3.05, 3.63) is 33.9 Å². The smallest absolute Gasteiger partial charge is 0.338 e. The maximum absolute atomic E-state index is 12.1. The Balaban J connectivity index is 2.64. The van der Waals surface area contributed by atoms with Crippen molar-refractivity contribution in [2.75, 3.05) is 4.31 Å². The van der Waals surface area contributed by atoms with Gasteiger partial charge in [0.1, 0.15) is 0 Å². The minimum absolute atomic E-state index is 0.361. The van der Waals surface area contributed by atoms with Crippen molar-refractivity contribution in [1.29, 1.82) is 0 Å². The molecule has 1 aliphatic rings. The molecule has 0 radical (unpaired) electrons. The van der Waals surface area contributed by atoms with Crippen LogP contribution in [0, 0.1) is 10.1 Å². The number of amides is 1. The van der Waals surface area contributed by atoms with Gasteiger partial charge in [-0.15, -0.1) is 0 Å². The maximum Gasteiger partial charge on any atom is 0.338 e. The molecule has 0 aromatic heterocycles. The van der Waals surface area contributed by atoms with Crippen molar-refractivity contribution >= 4 is 33.3 Å². The van der Waals surface area contributed by atoms with E-state index in [0.29, 0.717) is 10.4 Å². The highest BCUT2D eigenvalue weighted by atomic mass is 32.2. The number of nitrogens with zero attached hydrogens (tertiary/aromatic N) is 2. The number of rotatable bonds is 3. The van der Waals surface area contributed by atoms with E-state index in [-0.39, 0.29) is 0 Å². The largest absolute Gasteiger partial charge is 0.478 e. The standard InChI is InChI=1S/C11H10N2O7S/c1-11(2)10(16)12(21(11,19)20)8-4-3-6(13(17)18)5-7(8)9(14)15/h3-5H,1-2H3,(H,14,15). The molecule has 1 saturated heterocycles. The molecule has 1 amide bonds. The van der Waals surface area contributed by atoms with Crippen molar-refractivity contribution in [2.24, 2.45) is 0 Å². The Morgan fingerprint density at radius 2 is 1.95 bits per heavy atom. The first-order valence-corrected chi connectivity index (χ1v) is 7.07. The molecule has 10 heteroatoms. The Labute approximate surface area is 119 Å². The number of benzene rings is 1. The van der Waals surface area contributed by atoms with E-state index in [1.54, 1.807) is 0 Å². The van der Waals surface area contributed by atoms with Crippen molar-refractivity contribution in [2.45, 2.75) is 18.6 Å². The molecule has 1 fully saturated rings. The van der Waals surface area contributed by atoms with Gasteiger partial charge in [-0.2, -0.15) is 0 Å². The van der Waals surface area contributed by atoms with Crippen LogP contribution in [-0.4, -0.2) is 35.1 Å². The zero-order valence-corrected chi connectivity index (χ0v) is 11.7. The van der Waals surface area contributed by atoms with Gasteiger partial charge in [0.2, 0.25) is 0 Å². The van der Waals surface area contributed by atoms with E-state index < -0.39 is 48.5 Å². The molecule has 1 aliphatic heterocycles. The Bertz CT molecular complexity index is 782. The lowest BCUT2D eigenvalue weighted by molar-refractivity contribution is -0.384. The van der Waals surface area contributed by atoms with Crippen LogP contribution in [0.1, 0.15) is 24.2 Å². The zero-order valence-electron chi connectivity index (χ0n) is 10.9. The van der Waals surface area contributed by atoms with E-state index in [1.807, 2.05) is 0 Å². The summed E-state index contributed by atoms with van der Waals surface area (Å²) in [6.07, 6.45) is 0. The van der Waals surface area contributed by atoms with Crippen molar-refractivity contribution in [3.8, 4) is 0 Å². The fourth-order valence-electron chi connectivity index (χ4n) is 1.88. The lowest BCUT2D eigenvalue weighted by Crippen LogP contribution is -2.68. The van der Waals surface area contributed by atoms with Gasteiger partial charge in [0.05, 0.1) is 16.2 Å². The molecule has 1 aromatic rings. The van der Waals surface area contributed by atoms with Crippen LogP contribution in [0.15, 0.2) is 18.2 Å². The lowest BCUT2D eigenvalue weighted by atomic mass is 10.1. The molecule has 0 bridgehead atoms. The van der Waals surface area contributed by atoms with Crippen LogP contribution in [0.2, 0.25) is 0 Å². The molecule has 1 aromatic carbocycles. The number of carboxylic acids is 1. The van der Waals surface area contributed by atoms with Gasteiger partial charge in [-0.25, -0.2) is 17.5 Å². The minimum Gasteiger partial charge on any atom is -0.478 e. The molecule has 2 rings (SSSR count). The quantitative estimate of drug-likeness (QED) is 0.642. The Kier molecular flexibility index (Phi) is 3.02. The predicted octanol–water partition coefficient (Wildman–Crippen LogP) is 0.748. The van der Waals surface area contributed by atoms with E-state index in [1.165, 1.54) is 13.8 Å². The molecule has 1 N–H and O–H groups in total. The highest BCUT2D eigenvalue weighted by molar-refractivity contribution is 7.98. The summed E-state index contributed by atoms with van der Waals surface area (Å²) in [5.74, 6) is -2.36. The summed E-state index contributed by atoms with van der Waals surface area (Å²) in [7, 11) is -4.04. The van der Waals surface area contributed by atoms with Crippen molar-refractivity contribution in [3.63, 3.8) is 0 Å². The number of sulfonamides is 1. The number of carbonyl (C=O) groups excluding carboxylic acids is 1.